The van der Waals surface area contributed by atoms with Gasteiger partial charge in [0.2, 0.25) is 5.91 Å². The fourth-order valence-electron chi connectivity index (χ4n) is 3.46. The highest BCUT2D eigenvalue weighted by Crippen LogP contribution is 2.24. The van der Waals surface area contributed by atoms with Crippen LogP contribution in [0.3, 0.4) is 0 Å². The van der Waals surface area contributed by atoms with Crippen molar-refractivity contribution in [3.63, 3.8) is 0 Å². The van der Waals surface area contributed by atoms with E-state index in [1.165, 1.54) is 17.3 Å². The van der Waals surface area contributed by atoms with Gasteiger partial charge in [-0.25, -0.2) is 9.97 Å². The van der Waals surface area contributed by atoms with Gasteiger partial charge in [-0.15, -0.1) is 0 Å². The summed E-state index contributed by atoms with van der Waals surface area (Å²) in [6.45, 7) is 5.07. The molecule has 0 aliphatic carbocycles. The van der Waals surface area contributed by atoms with Crippen molar-refractivity contribution in [2.24, 2.45) is 0 Å². The lowest BCUT2D eigenvalue weighted by Gasteiger charge is -2.12. The number of aromatic nitrogens is 4. The molecule has 0 unspecified atom stereocenters. The van der Waals surface area contributed by atoms with Crippen LogP contribution in [0, 0.1) is 13.8 Å². The van der Waals surface area contributed by atoms with Crippen LogP contribution in [-0.2, 0) is 17.9 Å². The van der Waals surface area contributed by atoms with Crippen molar-refractivity contribution >= 4 is 17.7 Å². The predicted molar refractivity (Wildman–Crippen MR) is 127 cm³/mol. The lowest BCUT2D eigenvalue weighted by Crippen LogP contribution is -2.25. The molecular weight excluding hydrogens is 418 g/mol. The molecule has 0 radical (unpaired) electrons. The summed E-state index contributed by atoms with van der Waals surface area (Å²) < 4.78 is 1.90. The lowest BCUT2D eigenvalue weighted by atomic mass is 9.98. The number of thioether (sulfide) groups is 1. The third-order valence-corrected chi connectivity index (χ3v) is 5.80. The molecule has 0 saturated carbocycles. The van der Waals surface area contributed by atoms with Crippen LogP contribution < -0.4 is 5.32 Å². The zero-order valence-electron chi connectivity index (χ0n) is 18.2. The van der Waals surface area contributed by atoms with Crippen LogP contribution in [0.4, 0.5) is 0 Å². The lowest BCUT2D eigenvalue weighted by molar-refractivity contribution is -0.118. The average Bonchev–Trinajstić information content (AvgIpc) is 3.29. The molecule has 0 aliphatic heterocycles. The molecule has 0 fully saturated rings. The third-order valence-electron chi connectivity index (χ3n) is 4.96. The van der Waals surface area contributed by atoms with E-state index in [1.54, 1.807) is 6.20 Å². The number of carbonyl (C=O) groups excluding carboxylic acids is 1. The van der Waals surface area contributed by atoms with E-state index < -0.39 is 0 Å². The molecule has 0 spiro atoms. The minimum atomic E-state index is -0.0397. The monoisotopic (exact) mass is 443 g/mol. The molecule has 0 saturated heterocycles. The van der Waals surface area contributed by atoms with E-state index in [1.807, 2.05) is 55.1 Å². The predicted octanol–water partition coefficient (Wildman–Crippen LogP) is 4.41. The molecule has 1 amide bonds. The molecule has 0 atom stereocenters. The number of carbonyl (C=O) groups is 1. The van der Waals surface area contributed by atoms with Crippen LogP contribution in [0.25, 0.3) is 11.1 Å². The van der Waals surface area contributed by atoms with Gasteiger partial charge in [-0.1, -0.05) is 60.3 Å². The second-order valence-corrected chi connectivity index (χ2v) is 8.50. The highest BCUT2D eigenvalue weighted by molar-refractivity contribution is 7.99. The summed E-state index contributed by atoms with van der Waals surface area (Å²) in [6.07, 6.45) is 3.74. The molecule has 32 heavy (non-hydrogen) atoms. The quantitative estimate of drug-likeness (QED) is 0.323. The van der Waals surface area contributed by atoms with E-state index in [0.717, 1.165) is 34.6 Å². The molecule has 7 heteroatoms. The topological polar surface area (TPSA) is 72.7 Å². The van der Waals surface area contributed by atoms with E-state index in [2.05, 4.69) is 50.7 Å². The Bertz CT molecular complexity index is 1170. The zero-order chi connectivity index (χ0) is 22.3. The van der Waals surface area contributed by atoms with Gasteiger partial charge in [0.05, 0.1) is 12.3 Å². The first-order valence-electron chi connectivity index (χ1n) is 10.4. The van der Waals surface area contributed by atoms with Crippen LogP contribution in [0.5, 0.6) is 0 Å². The summed E-state index contributed by atoms with van der Waals surface area (Å²) in [5.41, 5.74) is 6.32. The Kier molecular flexibility index (Phi) is 6.97. The van der Waals surface area contributed by atoms with Crippen molar-refractivity contribution in [3.05, 3.63) is 95.6 Å². The molecule has 2 aromatic heterocycles. The molecular formula is C25H25N5OS. The van der Waals surface area contributed by atoms with Gasteiger partial charge in [0.15, 0.2) is 5.16 Å². The maximum Gasteiger partial charge on any atom is 0.230 e. The minimum absolute atomic E-state index is 0.0397. The molecule has 6 nitrogen and oxygen atoms in total. The standard InChI is InChI=1S/C25H25N5OS/c1-18-14-19(2)29-25(28-18)32-17-24(31)26-15-22-6-3-4-7-23(22)21-10-8-20(9-11-21)16-30-13-5-12-27-30/h3-14H,15-17H2,1-2H3,(H,26,31). The Morgan fingerprint density at radius 2 is 1.75 bits per heavy atom. The average molecular weight is 444 g/mol. The first-order chi connectivity index (χ1) is 15.6. The zero-order valence-corrected chi connectivity index (χ0v) is 19.0. The van der Waals surface area contributed by atoms with Gasteiger partial charge < -0.3 is 5.32 Å². The van der Waals surface area contributed by atoms with Gasteiger partial charge in [0.25, 0.3) is 0 Å². The summed E-state index contributed by atoms with van der Waals surface area (Å²) in [7, 11) is 0. The number of hydrogen-bond donors (Lipinski definition) is 1. The molecule has 4 rings (SSSR count). The van der Waals surface area contributed by atoms with Crippen molar-refractivity contribution < 1.29 is 4.79 Å². The first kappa shape index (κ1) is 21.8. The summed E-state index contributed by atoms with van der Waals surface area (Å²) in [6, 6.07) is 20.5. The van der Waals surface area contributed by atoms with Crippen LogP contribution in [0.1, 0.15) is 22.5 Å². The molecule has 2 aromatic carbocycles. The van der Waals surface area contributed by atoms with E-state index >= 15 is 0 Å². The highest BCUT2D eigenvalue weighted by Gasteiger charge is 2.09. The smallest absolute Gasteiger partial charge is 0.230 e. The van der Waals surface area contributed by atoms with E-state index in [4.69, 9.17) is 0 Å². The summed E-state index contributed by atoms with van der Waals surface area (Å²) >= 11 is 1.35. The van der Waals surface area contributed by atoms with Crippen molar-refractivity contribution in [1.82, 2.24) is 25.1 Å². The SMILES string of the molecule is Cc1cc(C)nc(SCC(=O)NCc2ccccc2-c2ccc(Cn3cccn3)cc2)n1. The second kappa shape index (κ2) is 10.2. The molecule has 162 valence electrons. The number of benzene rings is 2. The van der Waals surface area contributed by atoms with Gasteiger partial charge in [0, 0.05) is 30.3 Å². The van der Waals surface area contributed by atoms with Gasteiger partial charge in [0.1, 0.15) is 0 Å². The Morgan fingerprint density at radius 3 is 2.47 bits per heavy atom. The first-order valence-corrected chi connectivity index (χ1v) is 11.4. The molecule has 4 aromatic rings. The minimum Gasteiger partial charge on any atom is -0.351 e. The van der Waals surface area contributed by atoms with Gasteiger partial charge in [-0.3, -0.25) is 9.48 Å². The van der Waals surface area contributed by atoms with Crippen LogP contribution in [-0.4, -0.2) is 31.4 Å². The fraction of sp³-hybridized carbons (Fsp3) is 0.200. The Hall–Kier alpha value is -3.45. The number of nitrogens with one attached hydrogen (secondary N) is 1. The van der Waals surface area contributed by atoms with Crippen LogP contribution >= 0.6 is 11.8 Å². The summed E-state index contributed by atoms with van der Waals surface area (Å²) in [4.78, 5) is 21.2. The number of nitrogens with zero attached hydrogens (tertiary/aromatic N) is 4. The highest BCUT2D eigenvalue weighted by atomic mass is 32.2. The fourth-order valence-corrected chi connectivity index (χ4v) is 4.24. The normalized spacial score (nSPS) is 10.8. The van der Waals surface area contributed by atoms with Crippen molar-refractivity contribution in [3.8, 4) is 11.1 Å². The van der Waals surface area contributed by atoms with Crippen LogP contribution in [0.2, 0.25) is 0 Å². The van der Waals surface area contributed by atoms with Crippen LogP contribution in [0.15, 0.2) is 78.2 Å². The molecule has 1 N–H and O–H groups in total. The van der Waals surface area contributed by atoms with Crippen molar-refractivity contribution in [2.45, 2.75) is 32.1 Å². The maximum absolute atomic E-state index is 12.4. The molecule has 2 heterocycles. The third kappa shape index (κ3) is 5.82. The Labute approximate surface area is 192 Å². The number of rotatable bonds is 8. The molecule has 0 aliphatic rings. The maximum atomic E-state index is 12.4. The van der Waals surface area contributed by atoms with E-state index in [9.17, 15) is 4.79 Å². The number of aryl methyl sites for hydroxylation is 2. The van der Waals surface area contributed by atoms with Crippen molar-refractivity contribution in [2.75, 3.05) is 5.75 Å². The van der Waals surface area contributed by atoms with Gasteiger partial charge in [-0.2, -0.15) is 5.10 Å². The second-order valence-electron chi connectivity index (χ2n) is 7.56. The molecule has 0 bridgehead atoms. The number of hydrogen-bond acceptors (Lipinski definition) is 5. The Morgan fingerprint density at radius 1 is 1.00 bits per heavy atom. The van der Waals surface area contributed by atoms with E-state index in [-0.39, 0.29) is 11.7 Å². The van der Waals surface area contributed by atoms with Gasteiger partial charge in [-0.05, 0) is 48.2 Å². The summed E-state index contributed by atoms with van der Waals surface area (Å²) in [5.74, 6) is 0.245. The number of amides is 1. The summed E-state index contributed by atoms with van der Waals surface area (Å²) in [5, 5.41) is 7.91. The van der Waals surface area contributed by atoms with Gasteiger partial charge >= 0.3 is 0 Å². The largest absolute Gasteiger partial charge is 0.351 e. The Balaban J connectivity index is 1.37. The van der Waals surface area contributed by atoms with Crippen molar-refractivity contribution in [1.29, 1.82) is 0 Å². The van der Waals surface area contributed by atoms with E-state index in [0.29, 0.717) is 11.7 Å².